The van der Waals surface area contributed by atoms with Gasteiger partial charge >= 0.3 is 0 Å². The predicted molar refractivity (Wildman–Crippen MR) is 80.6 cm³/mol. The van der Waals surface area contributed by atoms with Crippen LogP contribution < -0.4 is 0 Å². The van der Waals surface area contributed by atoms with Crippen molar-refractivity contribution in [1.29, 1.82) is 0 Å². The molecule has 0 aliphatic carbocycles. The fraction of sp³-hybridized carbons (Fsp3) is 0.133. The highest BCUT2D eigenvalue weighted by Crippen LogP contribution is 2.34. The second kappa shape index (κ2) is 5.27. The number of phenolic OH excluding ortho intramolecular Hbond substituents is 2. The van der Waals surface area contributed by atoms with Gasteiger partial charge in [0.25, 0.3) is 0 Å². The quantitative estimate of drug-likeness (QED) is 0.650. The van der Waals surface area contributed by atoms with Crippen LogP contribution in [0.3, 0.4) is 0 Å². The number of rotatable bonds is 3. The molecule has 0 spiro atoms. The average Bonchev–Trinajstić information content (AvgIpc) is 2.81. The first-order valence-electron chi connectivity index (χ1n) is 6.39. The number of aliphatic hydroxyl groups excluding tert-OH is 1. The molecule has 0 atom stereocenters. The Labute approximate surface area is 125 Å². The van der Waals surface area contributed by atoms with Gasteiger partial charge in [0.1, 0.15) is 5.69 Å². The molecule has 0 aliphatic rings. The lowest BCUT2D eigenvalue weighted by molar-refractivity contribution is 0.272. The van der Waals surface area contributed by atoms with Crippen molar-refractivity contribution in [1.82, 2.24) is 9.78 Å². The number of benzene rings is 2. The van der Waals surface area contributed by atoms with E-state index < -0.39 is 0 Å². The number of aliphatic hydroxyl groups is 1. The van der Waals surface area contributed by atoms with Crippen molar-refractivity contribution in [3.8, 4) is 22.8 Å². The number of aromatic nitrogens is 2. The third-order valence-corrected chi connectivity index (χ3v) is 3.51. The number of hydrogen-bond donors (Lipinski definition) is 3. The van der Waals surface area contributed by atoms with Crippen LogP contribution >= 0.6 is 11.6 Å². The number of fused-ring (bicyclic) bond motifs is 1. The predicted octanol–water partition coefficient (Wildman–Crippen LogP) is 2.76. The van der Waals surface area contributed by atoms with Crippen molar-refractivity contribution in [2.45, 2.75) is 6.54 Å². The van der Waals surface area contributed by atoms with Gasteiger partial charge in [-0.2, -0.15) is 5.10 Å². The van der Waals surface area contributed by atoms with Crippen LogP contribution in [0.1, 0.15) is 0 Å². The topological polar surface area (TPSA) is 78.5 Å². The van der Waals surface area contributed by atoms with Crippen LogP contribution in [0.4, 0.5) is 0 Å². The summed E-state index contributed by atoms with van der Waals surface area (Å²) in [6.45, 7) is 0.310. The molecule has 3 N–H and O–H groups in total. The van der Waals surface area contributed by atoms with Crippen molar-refractivity contribution < 1.29 is 15.3 Å². The van der Waals surface area contributed by atoms with Crippen LogP contribution in [-0.4, -0.2) is 31.7 Å². The number of nitrogens with zero attached hydrogens (tertiary/aromatic N) is 2. The highest BCUT2D eigenvalue weighted by Gasteiger charge is 2.14. The summed E-state index contributed by atoms with van der Waals surface area (Å²) < 4.78 is 1.67. The largest absolute Gasteiger partial charge is 0.504 e. The maximum atomic E-state index is 9.64. The first-order valence-corrected chi connectivity index (χ1v) is 6.77. The second-order valence-corrected chi connectivity index (χ2v) is 5.10. The molecule has 1 aromatic heterocycles. The lowest BCUT2D eigenvalue weighted by Gasteiger charge is -2.01. The Balaban J connectivity index is 2.24. The highest BCUT2D eigenvalue weighted by atomic mass is 35.5. The van der Waals surface area contributed by atoms with E-state index in [0.29, 0.717) is 22.8 Å². The van der Waals surface area contributed by atoms with Gasteiger partial charge in [0.15, 0.2) is 11.5 Å². The van der Waals surface area contributed by atoms with Crippen molar-refractivity contribution in [3.63, 3.8) is 0 Å². The van der Waals surface area contributed by atoms with Crippen LogP contribution in [0.2, 0.25) is 5.02 Å². The minimum absolute atomic E-state index is 0.0381. The minimum atomic E-state index is -0.202. The zero-order chi connectivity index (χ0) is 15.0. The lowest BCUT2D eigenvalue weighted by Crippen LogP contribution is -2.03. The Kier molecular flexibility index (Phi) is 3.45. The SMILES string of the molecule is OCCn1nc(-c2ccc(O)c(O)c2)c2ccc(Cl)cc21. The summed E-state index contributed by atoms with van der Waals surface area (Å²) in [7, 11) is 0. The van der Waals surface area contributed by atoms with Gasteiger partial charge in [-0.1, -0.05) is 11.6 Å². The molecule has 21 heavy (non-hydrogen) atoms. The summed E-state index contributed by atoms with van der Waals surface area (Å²) in [4.78, 5) is 0. The van der Waals surface area contributed by atoms with Crippen molar-refractivity contribution >= 4 is 22.5 Å². The zero-order valence-electron chi connectivity index (χ0n) is 11.0. The third kappa shape index (κ3) is 2.41. The lowest BCUT2D eigenvalue weighted by atomic mass is 10.1. The molecule has 0 fully saturated rings. The molecule has 0 amide bonds. The second-order valence-electron chi connectivity index (χ2n) is 4.66. The monoisotopic (exact) mass is 304 g/mol. The maximum Gasteiger partial charge on any atom is 0.158 e. The smallest absolute Gasteiger partial charge is 0.158 e. The number of aromatic hydroxyl groups is 2. The number of hydrogen-bond acceptors (Lipinski definition) is 4. The summed E-state index contributed by atoms with van der Waals surface area (Å²) in [6.07, 6.45) is 0. The van der Waals surface area contributed by atoms with E-state index in [1.54, 1.807) is 22.9 Å². The van der Waals surface area contributed by atoms with Crippen LogP contribution in [-0.2, 0) is 6.54 Å². The molecule has 108 valence electrons. The Morgan fingerprint density at radius 1 is 1.05 bits per heavy atom. The summed E-state index contributed by atoms with van der Waals surface area (Å²) in [5.74, 6) is -0.382. The van der Waals surface area contributed by atoms with E-state index in [-0.39, 0.29) is 18.1 Å². The number of halogens is 1. The van der Waals surface area contributed by atoms with Crippen LogP contribution in [0.15, 0.2) is 36.4 Å². The van der Waals surface area contributed by atoms with Crippen LogP contribution in [0, 0.1) is 0 Å². The van der Waals surface area contributed by atoms with Gasteiger partial charge in [0.05, 0.1) is 18.7 Å². The fourth-order valence-electron chi connectivity index (χ4n) is 2.30. The Hall–Kier alpha value is -2.24. The van der Waals surface area contributed by atoms with Crippen molar-refractivity contribution in [3.05, 3.63) is 41.4 Å². The van der Waals surface area contributed by atoms with Gasteiger partial charge in [-0.25, -0.2) is 0 Å². The van der Waals surface area contributed by atoms with E-state index in [2.05, 4.69) is 5.10 Å². The molecule has 0 saturated heterocycles. The maximum absolute atomic E-state index is 9.64. The zero-order valence-corrected chi connectivity index (χ0v) is 11.7. The third-order valence-electron chi connectivity index (χ3n) is 3.27. The molecular formula is C15H13ClN2O3. The first kappa shape index (κ1) is 13.7. The van der Waals surface area contributed by atoms with Crippen molar-refractivity contribution in [2.24, 2.45) is 0 Å². The molecule has 5 nitrogen and oxygen atoms in total. The summed E-state index contributed by atoms with van der Waals surface area (Å²) in [5, 5.41) is 34.1. The fourth-order valence-corrected chi connectivity index (χ4v) is 2.46. The van der Waals surface area contributed by atoms with Gasteiger partial charge in [0, 0.05) is 16.0 Å². The van der Waals surface area contributed by atoms with Crippen molar-refractivity contribution in [2.75, 3.05) is 6.61 Å². The normalized spacial score (nSPS) is 11.1. The minimum Gasteiger partial charge on any atom is -0.504 e. The standard InChI is InChI=1S/C15H13ClN2O3/c16-10-2-3-11-12(8-10)18(5-6-19)17-15(11)9-1-4-13(20)14(21)7-9/h1-4,7-8,19-21H,5-6H2. The van der Waals surface area contributed by atoms with Gasteiger partial charge in [-0.05, 0) is 36.4 Å². The molecule has 3 rings (SSSR count). The average molecular weight is 305 g/mol. The van der Waals surface area contributed by atoms with Crippen LogP contribution in [0.5, 0.6) is 11.5 Å². The van der Waals surface area contributed by atoms with Crippen LogP contribution in [0.25, 0.3) is 22.2 Å². The van der Waals surface area contributed by atoms with E-state index >= 15 is 0 Å². The van der Waals surface area contributed by atoms with Gasteiger partial charge in [-0.3, -0.25) is 4.68 Å². The summed E-state index contributed by atoms with van der Waals surface area (Å²) >= 11 is 6.02. The van der Waals surface area contributed by atoms with E-state index in [0.717, 1.165) is 10.9 Å². The van der Waals surface area contributed by atoms with E-state index in [1.165, 1.54) is 12.1 Å². The first-order chi connectivity index (χ1) is 10.1. The molecule has 0 aliphatic heterocycles. The molecule has 2 aromatic carbocycles. The molecule has 1 heterocycles. The summed E-state index contributed by atoms with van der Waals surface area (Å²) in [5.41, 5.74) is 2.14. The van der Waals surface area contributed by atoms with E-state index in [1.807, 2.05) is 6.07 Å². The Morgan fingerprint density at radius 2 is 1.86 bits per heavy atom. The molecular weight excluding hydrogens is 292 g/mol. The molecule has 0 unspecified atom stereocenters. The van der Waals surface area contributed by atoms with Gasteiger partial charge < -0.3 is 15.3 Å². The van der Waals surface area contributed by atoms with Gasteiger partial charge in [-0.15, -0.1) is 0 Å². The van der Waals surface area contributed by atoms with E-state index in [4.69, 9.17) is 16.7 Å². The summed E-state index contributed by atoms with van der Waals surface area (Å²) in [6, 6.07) is 9.93. The Bertz CT molecular complexity index is 814. The Morgan fingerprint density at radius 3 is 2.57 bits per heavy atom. The number of phenols is 2. The molecule has 0 saturated carbocycles. The molecule has 0 radical (unpaired) electrons. The van der Waals surface area contributed by atoms with Gasteiger partial charge in [0.2, 0.25) is 0 Å². The van der Waals surface area contributed by atoms with E-state index in [9.17, 15) is 10.2 Å². The highest BCUT2D eigenvalue weighted by molar-refractivity contribution is 6.31. The molecule has 6 heteroatoms. The molecule has 3 aromatic rings. The molecule has 0 bridgehead atoms.